The SMILES string of the molecule is CC(C)O[C@@H]1OC(CO)[C@@H](O)[C@H](O)C1N=[N+]=[N-]. The number of hydrogen-bond acceptors (Lipinski definition) is 6. The molecule has 1 heterocycles. The number of nitrogens with zero attached hydrogens (tertiary/aromatic N) is 3. The lowest BCUT2D eigenvalue weighted by molar-refractivity contribution is -0.274. The Balaban J connectivity index is 2.86. The maximum Gasteiger partial charge on any atom is 0.169 e. The first kappa shape index (κ1) is 14.2. The fourth-order valence-electron chi connectivity index (χ4n) is 1.63. The Morgan fingerprint density at radius 1 is 1.41 bits per heavy atom. The van der Waals surface area contributed by atoms with Gasteiger partial charge in [0.2, 0.25) is 0 Å². The Bertz CT molecular complexity index is 294. The summed E-state index contributed by atoms with van der Waals surface area (Å²) in [6, 6.07) is -1.04. The molecule has 0 aromatic heterocycles. The third kappa shape index (κ3) is 3.29. The van der Waals surface area contributed by atoms with Gasteiger partial charge in [-0.05, 0) is 19.4 Å². The number of aliphatic hydroxyl groups excluding tert-OH is 3. The fraction of sp³-hybridized carbons (Fsp3) is 1.00. The molecule has 0 radical (unpaired) electrons. The molecule has 0 aliphatic carbocycles. The Morgan fingerprint density at radius 2 is 2.06 bits per heavy atom. The highest BCUT2D eigenvalue weighted by Crippen LogP contribution is 2.25. The molecule has 5 atom stereocenters. The molecule has 0 saturated carbocycles. The van der Waals surface area contributed by atoms with Crippen molar-refractivity contribution in [3.63, 3.8) is 0 Å². The summed E-state index contributed by atoms with van der Waals surface area (Å²) in [6.07, 6.45) is -4.80. The lowest BCUT2D eigenvalue weighted by Crippen LogP contribution is -2.58. The first-order valence-corrected chi connectivity index (χ1v) is 5.33. The summed E-state index contributed by atoms with van der Waals surface area (Å²) in [5.41, 5.74) is 8.40. The Kier molecular flexibility index (Phi) is 5.13. The van der Waals surface area contributed by atoms with Gasteiger partial charge in [0, 0.05) is 4.91 Å². The molecule has 8 heteroatoms. The van der Waals surface area contributed by atoms with Crippen molar-refractivity contribution in [3.05, 3.63) is 10.4 Å². The highest BCUT2D eigenvalue weighted by molar-refractivity contribution is 4.93. The summed E-state index contributed by atoms with van der Waals surface area (Å²) >= 11 is 0. The minimum atomic E-state index is -1.33. The minimum absolute atomic E-state index is 0.210. The molecule has 1 saturated heterocycles. The van der Waals surface area contributed by atoms with Crippen LogP contribution in [0.15, 0.2) is 5.11 Å². The molecule has 0 bridgehead atoms. The maximum absolute atomic E-state index is 9.77. The van der Waals surface area contributed by atoms with E-state index >= 15 is 0 Å². The second-order valence-electron chi connectivity index (χ2n) is 4.09. The largest absolute Gasteiger partial charge is 0.394 e. The van der Waals surface area contributed by atoms with Gasteiger partial charge in [-0.1, -0.05) is 5.11 Å². The zero-order valence-corrected chi connectivity index (χ0v) is 9.67. The van der Waals surface area contributed by atoms with E-state index < -0.39 is 37.3 Å². The number of azide groups is 1. The second-order valence-corrected chi connectivity index (χ2v) is 4.09. The van der Waals surface area contributed by atoms with Crippen molar-refractivity contribution in [2.45, 2.75) is 50.6 Å². The average Bonchev–Trinajstić information content (AvgIpc) is 2.27. The number of hydrogen-bond donors (Lipinski definition) is 3. The molecule has 8 nitrogen and oxygen atoms in total. The van der Waals surface area contributed by atoms with E-state index in [1.807, 2.05) is 0 Å². The lowest BCUT2D eigenvalue weighted by Gasteiger charge is -2.40. The molecule has 2 unspecified atom stereocenters. The van der Waals surface area contributed by atoms with Gasteiger partial charge in [0.05, 0.1) is 18.8 Å². The molecule has 0 aromatic carbocycles. The molecule has 1 fully saturated rings. The average molecular weight is 247 g/mol. The zero-order valence-electron chi connectivity index (χ0n) is 9.67. The molecular weight excluding hydrogens is 230 g/mol. The van der Waals surface area contributed by atoms with E-state index in [1.165, 1.54) is 0 Å². The molecule has 17 heavy (non-hydrogen) atoms. The van der Waals surface area contributed by atoms with Gasteiger partial charge in [-0.25, -0.2) is 0 Å². The van der Waals surface area contributed by atoms with Gasteiger partial charge in [-0.2, -0.15) is 0 Å². The third-order valence-corrected chi connectivity index (χ3v) is 2.44. The van der Waals surface area contributed by atoms with E-state index in [-0.39, 0.29) is 6.10 Å². The minimum Gasteiger partial charge on any atom is -0.394 e. The topological polar surface area (TPSA) is 128 Å². The molecule has 1 aliphatic heterocycles. The summed E-state index contributed by atoms with van der Waals surface area (Å²) in [6.45, 7) is 3.04. The summed E-state index contributed by atoms with van der Waals surface area (Å²) in [5, 5.41) is 31.7. The van der Waals surface area contributed by atoms with Crippen molar-refractivity contribution < 1.29 is 24.8 Å². The van der Waals surface area contributed by atoms with Gasteiger partial charge in [-0.15, -0.1) is 0 Å². The van der Waals surface area contributed by atoms with Crippen LogP contribution in [0.1, 0.15) is 13.8 Å². The van der Waals surface area contributed by atoms with Crippen molar-refractivity contribution in [3.8, 4) is 0 Å². The Morgan fingerprint density at radius 3 is 2.53 bits per heavy atom. The van der Waals surface area contributed by atoms with Crippen LogP contribution in [-0.4, -0.2) is 58.7 Å². The van der Waals surface area contributed by atoms with Gasteiger partial charge in [-0.3, -0.25) is 0 Å². The summed E-state index contributed by atoms with van der Waals surface area (Å²) < 4.78 is 10.6. The van der Waals surface area contributed by atoms with E-state index in [1.54, 1.807) is 13.8 Å². The molecule has 0 spiro atoms. The summed E-state index contributed by atoms with van der Waals surface area (Å²) in [5.74, 6) is 0. The molecule has 3 N–H and O–H groups in total. The van der Waals surface area contributed by atoms with Crippen LogP contribution >= 0.6 is 0 Å². The Labute approximate surface area is 98.4 Å². The van der Waals surface area contributed by atoms with Crippen LogP contribution < -0.4 is 0 Å². The maximum atomic E-state index is 9.77. The summed E-state index contributed by atoms with van der Waals surface area (Å²) in [7, 11) is 0. The predicted molar refractivity (Wildman–Crippen MR) is 56.9 cm³/mol. The smallest absolute Gasteiger partial charge is 0.169 e. The quantitative estimate of drug-likeness (QED) is 0.351. The normalized spacial score (nSPS) is 37.9. The lowest BCUT2D eigenvalue weighted by atomic mass is 9.98. The number of rotatable bonds is 4. The first-order chi connectivity index (χ1) is 8.01. The van der Waals surface area contributed by atoms with Crippen molar-refractivity contribution in [1.82, 2.24) is 0 Å². The van der Waals surface area contributed by atoms with E-state index in [0.717, 1.165) is 0 Å². The van der Waals surface area contributed by atoms with Crippen molar-refractivity contribution in [2.75, 3.05) is 6.61 Å². The standard InChI is InChI=1S/C9H17N3O5/c1-4(2)16-9-6(11-12-10)8(15)7(14)5(3-13)17-9/h4-9,13-15H,3H2,1-2H3/t5?,6?,7-,8-,9-/m1/s1. The van der Waals surface area contributed by atoms with Crippen LogP contribution in [0, 0.1) is 0 Å². The second kappa shape index (κ2) is 6.15. The van der Waals surface area contributed by atoms with Crippen molar-refractivity contribution >= 4 is 0 Å². The molecule has 1 rings (SSSR count). The van der Waals surface area contributed by atoms with Crippen LogP contribution in [0.2, 0.25) is 0 Å². The third-order valence-electron chi connectivity index (χ3n) is 2.44. The molecule has 0 aromatic rings. The van der Waals surface area contributed by atoms with Crippen LogP contribution in [0.3, 0.4) is 0 Å². The predicted octanol–water partition coefficient (Wildman–Crippen LogP) is -0.471. The van der Waals surface area contributed by atoms with Crippen molar-refractivity contribution in [1.29, 1.82) is 0 Å². The van der Waals surface area contributed by atoms with Crippen molar-refractivity contribution in [2.24, 2.45) is 5.11 Å². The monoisotopic (exact) mass is 247 g/mol. The molecular formula is C9H17N3O5. The van der Waals surface area contributed by atoms with Crippen LogP contribution in [0.4, 0.5) is 0 Å². The highest BCUT2D eigenvalue weighted by Gasteiger charge is 2.44. The fourth-order valence-corrected chi connectivity index (χ4v) is 1.63. The molecule has 98 valence electrons. The first-order valence-electron chi connectivity index (χ1n) is 5.33. The summed E-state index contributed by atoms with van der Waals surface area (Å²) in [4.78, 5) is 2.58. The van der Waals surface area contributed by atoms with E-state index in [2.05, 4.69) is 10.0 Å². The number of aliphatic hydroxyl groups is 3. The van der Waals surface area contributed by atoms with Gasteiger partial charge in [0.25, 0.3) is 0 Å². The van der Waals surface area contributed by atoms with Crippen LogP contribution in [-0.2, 0) is 9.47 Å². The van der Waals surface area contributed by atoms with E-state index in [9.17, 15) is 10.2 Å². The van der Waals surface area contributed by atoms with Crippen LogP contribution in [0.25, 0.3) is 10.4 Å². The van der Waals surface area contributed by atoms with Gasteiger partial charge >= 0.3 is 0 Å². The molecule has 0 amide bonds. The molecule has 1 aliphatic rings. The Hall–Kier alpha value is -0.890. The van der Waals surface area contributed by atoms with Gasteiger partial charge < -0.3 is 24.8 Å². The zero-order chi connectivity index (χ0) is 13.0. The van der Waals surface area contributed by atoms with Gasteiger partial charge in [0.1, 0.15) is 18.2 Å². The van der Waals surface area contributed by atoms with Crippen LogP contribution in [0.5, 0.6) is 0 Å². The number of ether oxygens (including phenoxy) is 2. The van der Waals surface area contributed by atoms with Gasteiger partial charge in [0.15, 0.2) is 6.29 Å². The van der Waals surface area contributed by atoms with E-state index in [4.69, 9.17) is 20.1 Å². The van der Waals surface area contributed by atoms with E-state index in [0.29, 0.717) is 0 Å². The highest BCUT2D eigenvalue weighted by atomic mass is 16.7.